The average Bonchev–Trinajstić information content (AvgIpc) is 2.91. The minimum Gasteiger partial charge on any atom is -0.480 e. The van der Waals surface area contributed by atoms with Crippen LogP contribution in [0.2, 0.25) is 0 Å². The predicted molar refractivity (Wildman–Crippen MR) is 89.5 cm³/mol. The quantitative estimate of drug-likeness (QED) is 0.741. The summed E-state index contributed by atoms with van der Waals surface area (Å²) in [7, 11) is 0. The van der Waals surface area contributed by atoms with Crippen molar-refractivity contribution in [1.29, 1.82) is 5.26 Å². The molecule has 0 fully saturated rings. The van der Waals surface area contributed by atoms with Crippen molar-refractivity contribution in [3.63, 3.8) is 0 Å². The Kier molecular flexibility index (Phi) is 4.13. The molecule has 24 heavy (non-hydrogen) atoms. The molecule has 118 valence electrons. The standard InChI is InChI=1S/C19H13FN2O2/c20-17-7-3-1-5-15(17)13(10-21)9-14-11-22(12-19(23)24)18-8-4-2-6-16(14)18/h1-9,11H,12H2,(H,23,24)/b13-9-. The van der Waals surface area contributed by atoms with E-state index in [1.807, 2.05) is 30.3 Å². The fourth-order valence-electron chi connectivity index (χ4n) is 2.67. The highest BCUT2D eigenvalue weighted by atomic mass is 19.1. The van der Waals surface area contributed by atoms with E-state index < -0.39 is 11.8 Å². The number of hydrogen-bond donors (Lipinski definition) is 1. The van der Waals surface area contributed by atoms with Gasteiger partial charge >= 0.3 is 5.97 Å². The van der Waals surface area contributed by atoms with Crippen LogP contribution in [0.1, 0.15) is 11.1 Å². The van der Waals surface area contributed by atoms with Crippen LogP contribution in [0.4, 0.5) is 4.39 Å². The van der Waals surface area contributed by atoms with Gasteiger partial charge in [-0.1, -0.05) is 36.4 Å². The molecule has 5 heteroatoms. The number of para-hydroxylation sites is 1. The Hall–Kier alpha value is -3.39. The summed E-state index contributed by atoms with van der Waals surface area (Å²) in [4.78, 5) is 11.0. The van der Waals surface area contributed by atoms with Crippen molar-refractivity contribution in [2.75, 3.05) is 0 Å². The van der Waals surface area contributed by atoms with Crippen molar-refractivity contribution >= 4 is 28.5 Å². The van der Waals surface area contributed by atoms with Crippen LogP contribution < -0.4 is 0 Å². The van der Waals surface area contributed by atoms with E-state index in [-0.39, 0.29) is 17.7 Å². The molecule has 3 rings (SSSR count). The molecule has 0 aliphatic heterocycles. The van der Waals surface area contributed by atoms with Crippen LogP contribution in [0.5, 0.6) is 0 Å². The summed E-state index contributed by atoms with van der Waals surface area (Å²) in [6.07, 6.45) is 3.25. The molecule has 0 saturated carbocycles. The Labute approximate surface area is 137 Å². The molecule has 0 aliphatic rings. The maximum atomic E-state index is 13.9. The second kappa shape index (κ2) is 6.39. The summed E-state index contributed by atoms with van der Waals surface area (Å²) in [6, 6.07) is 15.4. The van der Waals surface area contributed by atoms with Gasteiger partial charge in [0.2, 0.25) is 0 Å². The highest BCUT2D eigenvalue weighted by molar-refractivity contribution is 5.98. The molecule has 0 bridgehead atoms. The van der Waals surface area contributed by atoms with Crippen LogP contribution in [-0.2, 0) is 11.3 Å². The van der Waals surface area contributed by atoms with Crippen LogP contribution in [0.15, 0.2) is 54.7 Å². The molecule has 0 radical (unpaired) electrons. The van der Waals surface area contributed by atoms with Gasteiger partial charge in [0, 0.05) is 28.2 Å². The van der Waals surface area contributed by atoms with Crippen molar-refractivity contribution < 1.29 is 14.3 Å². The topological polar surface area (TPSA) is 66.0 Å². The van der Waals surface area contributed by atoms with E-state index in [4.69, 9.17) is 5.11 Å². The first kappa shape index (κ1) is 15.5. The van der Waals surface area contributed by atoms with Gasteiger partial charge in [0.15, 0.2) is 0 Å². The van der Waals surface area contributed by atoms with E-state index in [2.05, 4.69) is 0 Å². The molecular weight excluding hydrogens is 307 g/mol. The Bertz CT molecular complexity index is 996. The number of benzene rings is 2. The number of carboxylic acids is 1. The van der Waals surface area contributed by atoms with Gasteiger partial charge in [0.25, 0.3) is 0 Å². The van der Waals surface area contributed by atoms with Crippen molar-refractivity contribution in [3.8, 4) is 6.07 Å². The molecule has 0 amide bonds. The Balaban J connectivity index is 2.17. The predicted octanol–water partition coefficient (Wildman–Crippen LogP) is 3.93. The summed E-state index contributed by atoms with van der Waals surface area (Å²) in [5, 5.41) is 19.3. The third-order valence-electron chi connectivity index (χ3n) is 3.71. The number of rotatable bonds is 4. The van der Waals surface area contributed by atoms with E-state index in [0.29, 0.717) is 5.56 Å². The summed E-state index contributed by atoms with van der Waals surface area (Å²) < 4.78 is 15.5. The largest absolute Gasteiger partial charge is 0.480 e. The summed E-state index contributed by atoms with van der Waals surface area (Å²) in [5.41, 5.74) is 1.82. The third kappa shape index (κ3) is 2.90. The molecule has 3 aromatic rings. The normalized spacial score (nSPS) is 11.4. The minimum absolute atomic E-state index is 0.185. The van der Waals surface area contributed by atoms with Crippen LogP contribution in [-0.4, -0.2) is 15.6 Å². The molecular formula is C19H13FN2O2. The van der Waals surface area contributed by atoms with Crippen LogP contribution in [0.25, 0.3) is 22.6 Å². The number of aromatic nitrogens is 1. The number of aliphatic carboxylic acids is 1. The molecule has 0 saturated heterocycles. The van der Waals surface area contributed by atoms with E-state index >= 15 is 0 Å². The Morgan fingerprint density at radius 2 is 1.92 bits per heavy atom. The van der Waals surface area contributed by atoms with Crippen LogP contribution in [0, 0.1) is 17.1 Å². The smallest absolute Gasteiger partial charge is 0.323 e. The van der Waals surface area contributed by atoms with Gasteiger partial charge in [0.05, 0.1) is 11.6 Å². The van der Waals surface area contributed by atoms with Crippen LogP contribution in [0.3, 0.4) is 0 Å². The summed E-state index contributed by atoms with van der Waals surface area (Å²) in [6.45, 7) is -0.185. The Morgan fingerprint density at radius 3 is 2.62 bits per heavy atom. The second-order valence-corrected chi connectivity index (χ2v) is 5.27. The first-order chi connectivity index (χ1) is 11.6. The molecule has 0 aliphatic carbocycles. The SMILES string of the molecule is N#C/C(=C/c1cn(CC(=O)O)c2ccccc12)c1ccccc1F. The van der Waals surface area contributed by atoms with Crippen molar-refractivity contribution in [2.24, 2.45) is 0 Å². The second-order valence-electron chi connectivity index (χ2n) is 5.27. The molecule has 0 unspecified atom stereocenters. The third-order valence-corrected chi connectivity index (χ3v) is 3.71. The highest BCUT2D eigenvalue weighted by Gasteiger charge is 2.12. The van der Waals surface area contributed by atoms with Gasteiger partial charge < -0.3 is 9.67 Å². The summed E-state index contributed by atoms with van der Waals surface area (Å²) in [5.74, 6) is -1.43. The van der Waals surface area contributed by atoms with E-state index in [0.717, 1.165) is 10.9 Å². The number of nitrogens with zero attached hydrogens (tertiary/aromatic N) is 2. The molecule has 1 heterocycles. The maximum absolute atomic E-state index is 13.9. The average molecular weight is 320 g/mol. The number of fused-ring (bicyclic) bond motifs is 1. The van der Waals surface area contributed by atoms with E-state index in [1.54, 1.807) is 35.0 Å². The van der Waals surface area contributed by atoms with Gasteiger partial charge in [-0.05, 0) is 18.2 Å². The molecule has 1 aromatic heterocycles. The zero-order valence-electron chi connectivity index (χ0n) is 12.6. The van der Waals surface area contributed by atoms with E-state index in [1.165, 1.54) is 6.07 Å². The number of halogens is 1. The van der Waals surface area contributed by atoms with Crippen molar-refractivity contribution in [3.05, 3.63) is 71.7 Å². The number of hydrogen-bond acceptors (Lipinski definition) is 2. The van der Waals surface area contributed by atoms with Crippen molar-refractivity contribution in [1.82, 2.24) is 4.57 Å². The molecule has 4 nitrogen and oxygen atoms in total. The zero-order valence-corrected chi connectivity index (χ0v) is 12.6. The number of allylic oxidation sites excluding steroid dienone is 1. The lowest BCUT2D eigenvalue weighted by Crippen LogP contribution is -2.07. The van der Waals surface area contributed by atoms with Gasteiger partial charge in [-0.2, -0.15) is 5.26 Å². The van der Waals surface area contributed by atoms with Gasteiger partial charge in [-0.25, -0.2) is 4.39 Å². The molecule has 0 spiro atoms. The summed E-state index contributed by atoms with van der Waals surface area (Å²) >= 11 is 0. The first-order valence-corrected chi connectivity index (χ1v) is 7.26. The monoisotopic (exact) mass is 320 g/mol. The lowest BCUT2D eigenvalue weighted by molar-refractivity contribution is -0.137. The number of carboxylic acid groups (broad SMARTS) is 1. The fraction of sp³-hybridized carbons (Fsp3) is 0.0526. The highest BCUT2D eigenvalue weighted by Crippen LogP contribution is 2.27. The minimum atomic E-state index is -0.958. The number of nitriles is 1. The molecule has 1 N–H and O–H groups in total. The fourth-order valence-corrected chi connectivity index (χ4v) is 2.67. The molecule has 2 aromatic carbocycles. The molecule has 0 atom stereocenters. The van der Waals surface area contributed by atoms with Crippen molar-refractivity contribution in [2.45, 2.75) is 6.54 Å². The van der Waals surface area contributed by atoms with Gasteiger partial charge in [-0.3, -0.25) is 4.79 Å². The van der Waals surface area contributed by atoms with Gasteiger partial charge in [-0.15, -0.1) is 0 Å². The maximum Gasteiger partial charge on any atom is 0.323 e. The lowest BCUT2D eigenvalue weighted by Gasteiger charge is -2.00. The van der Waals surface area contributed by atoms with Gasteiger partial charge in [0.1, 0.15) is 12.4 Å². The first-order valence-electron chi connectivity index (χ1n) is 7.26. The zero-order chi connectivity index (χ0) is 17.1. The lowest BCUT2D eigenvalue weighted by atomic mass is 10.0. The Morgan fingerprint density at radius 1 is 1.21 bits per heavy atom. The number of carbonyl (C=O) groups is 1. The van der Waals surface area contributed by atoms with E-state index in [9.17, 15) is 14.4 Å². The van der Waals surface area contributed by atoms with Crippen LogP contribution >= 0.6 is 0 Å².